The van der Waals surface area contributed by atoms with Gasteiger partial charge in [0.25, 0.3) is 5.91 Å². The van der Waals surface area contributed by atoms with Gasteiger partial charge >= 0.3 is 0 Å². The standard InChI is InChI=1S/C24H26N2O4/c1-25(15-17-7-8-19-14-21(29-2)10-9-18(19)13-17)23(27)20-5-3-11-26(16-20)24(28)22-6-4-12-30-22/h4,6-10,12-14,20H,3,5,11,15-16H2,1-2H3. The van der Waals surface area contributed by atoms with Crippen molar-refractivity contribution in [2.24, 2.45) is 5.92 Å². The van der Waals surface area contributed by atoms with Crippen molar-refractivity contribution in [1.82, 2.24) is 9.80 Å². The number of rotatable bonds is 5. The zero-order valence-corrected chi connectivity index (χ0v) is 17.3. The molecule has 0 saturated carbocycles. The normalized spacial score (nSPS) is 16.5. The van der Waals surface area contributed by atoms with Gasteiger partial charge in [0, 0.05) is 26.7 Å². The number of hydrogen-bond acceptors (Lipinski definition) is 4. The van der Waals surface area contributed by atoms with Crippen molar-refractivity contribution in [3.63, 3.8) is 0 Å². The SMILES string of the molecule is COc1ccc2cc(CN(C)C(=O)C3CCCN(C(=O)c4ccco4)C3)ccc2c1. The predicted octanol–water partition coefficient (Wildman–Crippen LogP) is 3.95. The Morgan fingerprint density at radius 1 is 1.17 bits per heavy atom. The Bertz CT molecular complexity index is 1040. The molecule has 2 heterocycles. The zero-order chi connectivity index (χ0) is 21.1. The maximum atomic E-state index is 13.1. The lowest BCUT2D eigenvalue weighted by atomic mass is 9.96. The number of methoxy groups -OCH3 is 1. The van der Waals surface area contributed by atoms with Crippen LogP contribution in [0.15, 0.2) is 59.2 Å². The van der Waals surface area contributed by atoms with Gasteiger partial charge in [-0.05, 0) is 59.5 Å². The zero-order valence-electron chi connectivity index (χ0n) is 17.3. The first-order valence-electron chi connectivity index (χ1n) is 10.2. The largest absolute Gasteiger partial charge is 0.497 e. The fourth-order valence-corrected chi connectivity index (χ4v) is 4.08. The first kappa shape index (κ1) is 20.0. The van der Waals surface area contributed by atoms with E-state index in [4.69, 9.17) is 9.15 Å². The number of hydrogen-bond donors (Lipinski definition) is 0. The van der Waals surface area contributed by atoms with Crippen molar-refractivity contribution < 1.29 is 18.7 Å². The number of benzene rings is 2. The summed E-state index contributed by atoms with van der Waals surface area (Å²) < 4.78 is 10.5. The van der Waals surface area contributed by atoms with Gasteiger partial charge < -0.3 is 19.0 Å². The average molecular weight is 406 g/mol. The summed E-state index contributed by atoms with van der Waals surface area (Å²) in [5, 5.41) is 2.22. The predicted molar refractivity (Wildman–Crippen MR) is 114 cm³/mol. The van der Waals surface area contributed by atoms with E-state index in [0.29, 0.717) is 25.4 Å². The van der Waals surface area contributed by atoms with Crippen molar-refractivity contribution in [2.45, 2.75) is 19.4 Å². The molecular formula is C24H26N2O4. The third-order valence-electron chi connectivity index (χ3n) is 5.70. The molecule has 1 unspecified atom stereocenters. The van der Waals surface area contributed by atoms with Gasteiger partial charge in [-0.15, -0.1) is 0 Å². The van der Waals surface area contributed by atoms with E-state index in [2.05, 4.69) is 12.1 Å². The molecule has 6 nitrogen and oxygen atoms in total. The number of furan rings is 1. The summed E-state index contributed by atoms with van der Waals surface area (Å²) in [6, 6.07) is 15.5. The highest BCUT2D eigenvalue weighted by atomic mass is 16.5. The molecule has 0 aliphatic carbocycles. The monoisotopic (exact) mass is 406 g/mol. The second-order valence-corrected chi connectivity index (χ2v) is 7.81. The minimum atomic E-state index is -0.188. The number of amides is 2. The van der Waals surface area contributed by atoms with Crippen LogP contribution in [-0.4, -0.2) is 48.9 Å². The van der Waals surface area contributed by atoms with E-state index in [1.54, 1.807) is 29.0 Å². The second kappa shape index (κ2) is 8.61. The summed E-state index contributed by atoms with van der Waals surface area (Å²) in [6.45, 7) is 1.62. The smallest absolute Gasteiger partial charge is 0.289 e. The first-order valence-corrected chi connectivity index (χ1v) is 10.2. The Hall–Kier alpha value is -3.28. The minimum absolute atomic E-state index is 0.0711. The summed E-state index contributed by atoms with van der Waals surface area (Å²) in [5.74, 6) is 0.886. The van der Waals surface area contributed by atoms with Crippen molar-refractivity contribution >= 4 is 22.6 Å². The molecule has 0 spiro atoms. The summed E-state index contributed by atoms with van der Waals surface area (Å²) >= 11 is 0. The van der Waals surface area contributed by atoms with E-state index in [-0.39, 0.29) is 17.7 Å². The fourth-order valence-electron chi connectivity index (χ4n) is 4.08. The van der Waals surface area contributed by atoms with Crippen molar-refractivity contribution in [2.75, 3.05) is 27.2 Å². The number of ether oxygens (including phenoxy) is 1. The molecular weight excluding hydrogens is 380 g/mol. The lowest BCUT2D eigenvalue weighted by Gasteiger charge is -2.33. The fraction of sp³-hybridized carbons (Fsp3) is 0.333. The number of carbonyl (C=O) groups is 2. The van der Waals surface area contributed by atoms with Crippen LogP contribution < -0.4 is 4.74 Å². The van der Waals surface area contributed by atoms with Gasteiger partial charge in [-0.1, -0.05) is 18.2 Å². The molecule has 1 aliphatic rings. The van der Waals surface area contributed by atoms with Gasteiger partial charge in [0.2, 0.25) is 5.91 Å². The molecule has 156 valence electrons. The summed E-state index contributed by atoms with van der Waals surface area (Å²) in [4.78, 5) is 29.1. The number of piperidine rings is 1. The molecule has 1 aromatic heterocycles. The number of likely N-dealkylation sites (tertiary alicyclic amines) is 1. The summed E-state index contributed by atoms with van der Waals surface area (Å²) in [6.07, 6.45) is 3.10. The van der Waals surface area contributed by atoms with Crippen molar-refractivity contribution in [3.8, 4) is 5.75 Å². The molecule has 4 rings (SSSR count). The van der Waals surface area contributed by atoms with Crippen LogP contribution in [0.25, 0.3) is 10.8 Å². The van der Waals surface area contributed by atoms with Crippen LogP contribution in [0.5, 0.6) is 5.75 Å². The lowest BCUT2D eigenvalue weighted by molar-refractivity contribution is -0.136. The van der Waals surface area contributed by atoms with Crippen LogP contribution >= 0.6 is 0 Å². The lowest BCUT2D eigenvalue weighted by Crippen LogP contribution is -2.45. The van der Waals surface area contributed by atoms with Gasteiger partial charge in [0.15, 0.2) is 5.76 Å². The number of fused-ring (bicyclic) bond motifs is 1. The van der Waals surface area contributed by atoms with Crippen LogP contribution in [0.3, 0.4) is 0 Å². The molecule has 0 radical (unpaired) electrons. The van der Waals surface area contributed by atoms with E-state index >= 15 is 0 Å². The quantitative estimate of drug-likeness (QED) is 0.644. The molecule has 6 heteroatoms. The van der Waals surface area contributed by atoms with E-state index in [9.17, 15) is 9.59 Å². The topological polar surface area (TPSA) is 63.0 Å². The maximum Gasteiger partial charge on any atom is 0.289 e. The highest BCUT2D eigenvalue weighted by Crippen LogP contribution is 2.24. The van der Waals surface area contributed by atoms with E-state index in [0.717, 1.165) is 34.9 Å². The minimum Gasteiger partial charge on any atom is -0.497 e. The Morgan fingerprint density at radius 3 is 2.73 bits per heavy atom. The first-order chi connectivity index (χ1) is 14.5. The highest BCUT2D eigenvalue weighted by molar-refractivity contribution is 5.92. The highest BCUT2D eigenvalue weighted by Gasteiger charge is 2.31. The third kappa shape index (κ3) is 4.17. The van der Waals surface area contributed by atoms with E-state index in [1.807, 2.05) is 31.3 Å². The molecule has 0 N–H and O–H groups in total. The van der Waals surface area contributed by atoms with Gasteiger partial charge in [0.1, 0.15) is 5.75 Å². The van der Waals surface area contributed by atoms with Crippen LogP contribution in [0.1, 0.15) is 29.0 Å². The van der Waals surface area contributed by atoms with E-state index in [1.165, 1.54) is 6.26 Å². The van der Waals surface area contributed by atoms with Crippen molar-refractivity contribution in [1.29, 1.82) is 0 Å². The van der Waals surface area contributed by atoms with Gasteiger partial charge in [0.05, 0.1) is 19.3 Å². The molecule has 2 amide bonds. The van der Waals surface area contributed by atoms with Gasteiger partial charge in [-0.2, -0.15) is 0 Å². The molecule has 2 aromatic carbocycles. The molecule has 1 atom stereocenters. The Balaban J connectivity index is 1.41. The van der Waals surface area contributed by atoms with Crippen LogP contribution in [-0.2, 0) is 11.3 Å². The molecule has 1 saturated heterocycles. The average Bonchev–Trinajstić information content (AvgIpc) is 3.32. The van der Waals surface area contributed by atoms with Crippen LogP contribution in [0.4, 0.5) is 0 Å². The Labute approximate surface area is 176 Å². The van der Waals surface area contributed by atoms with Crippen molar-refractivity contribution in [3.05, 3.63) is 66.1 Å². The number of nitrogens with zero attached hydrogens (tertiary/aromatic N) is 2. The summed E-state index contributed by atoms with van der Waals surface area (Å²) in [5.41, 5.74) is 1.07. The molecule has 30 heavy (non-hydrogen) atoms. The van der Waals surface area contributed by atoms with E-state index < -0.39 is 0 Å². The molecule has 3 aromatic rings. The molecule has 0 bridgehead atoms. The maximum absolute atomic E-state index is 13.1. The third-order valence-corrected chi connectivity index (χ3v) is 5.70. The molecule has 1 aliphatic heterocycles. The second-order valence-electron chi connectivity index (χ2n) is 7.81. The number of carbonyl (C=O) groups excluding carboxylic acids is 2. The summed E-state index contributed by atoms with van der Waals surface area (Å²) in [7, 11) is 3.48. The molecule has 1 fully saturated rings. The Morgan fingerprint density at radius 2 is 1.97 bits per heavy atom. The Kier molecular flexibility index (Phi) is 5.74. The van der Waals surface area contributed by atoms with Gasteiger partial charge in [-0.3, -0.25) is 9.59 Å². The van der Waals surface area contributed by atoms with Crippen LogP contribution in [0.2, 0.25) is 0 Å². The van der Waals surface area contributed by atoms with Gasteiger partial charge in [-0.25, -0.2) is 0 Å². The van der Waals surface area contributed by atoms with Crippen LogP contribution in [0, 0.1) is 5.92 Å².